The molecule has 0 amide bonds. The number of hydrogen-bond donors (Lipinski definition) is 1. The predicted molar refractivity (Wildman–Crippen MR) is 98.1 cm³/mol. The molecule has 0 spiro atoms. The molecular weight excluding hydrogens is 330 g/mol. The summed E-state index contributed by atoms with van der Waals surface area (Å²) in [6.45, 7) is 3.57. The minimum atomic E-state index is -0.870. The first kappa shape index (κ1) is 21.1. The second kappa shape index (κ2) is 13.4. The topological polar surface area (TPSA) is 79.6 Å². The monoisotopic (exact) mass is 352 g/mol. The van der Waals surface area contributed by atoms with Gasteiger partial charge in [0, 0.05) is 6.08 Å². The highest BCUT2D eigenvalue weighted by Gasteiger charge is 2.07. The number of aliphatic hydroxyl groups excluding tert-OH is 1. The highest BCUT2D eigenvalue weighted by molar-refractivity contribution is 5.81. The molecule has 0 fully saturated rings. The van der Waals surface area contributed by atoms with Crippen LogP contribution in [0.1, 0.15) is 11.1 Å². The van der Waals surface area contributed by atoms with Crippen LogP contribution in [0.4, 0.5) is 0 Å². The molecule has 1 atom stereocenters. The maximum absolute atomic E-state index is 10.8. The van der Waals surface area contributed by atoms with Crippen molar-refractivity contribution in [2.45, 2.75) is 12.5 Å². The first-order chi connectivity index (χ1) is 12.7. The van der Waals surface area contributed by atoms with Gasteiger partial charge in [-0.1, -0.05) is 55.1 Å². The minimum absolute atomic E-state index is 0.0686. The Kier molecular flexibility index (Phi) is 10.8. The molecule has 2 aromatic rings. The van der Waals surface area contributed by atoms with Crippen LogP contribution in [0.25, 0.3) is 0 Å². The van der Waals surface area contributed by atoms with Gasteiger partial charge in [0.15, 0.2) is 0 Å². The fourth-order valence-electron chi connectivity index (χ4n) is 1.88. The number of ether oxygens (including phenoxy) is 2. The lowest BCUT2D eigenvalue weighted by Crippen LogP contribution is -2.23. The molecule has 2 aromatic carbocycles. The minimum Gasteiger partial charge on any atom is -0.460 e. The fraction of sp³-hybridized carbons (Fsp3) is 0.238. The first-order valence-electron chi connectivity index (χ1n) is 8.11. The number of hydrogen-bond acceptors (Lipinski definition) is 5. The standard InChI is InChI=1S/C15H17NO4.C6H5/c1-2-15(18)20-11-14(17)10-19-8-7-12-5-3-4-6-13(12)9-16;1-2-4-6-5-3-1/h2-6,14,17H,1,7-8,10-11H2;1-5H. The zero-order valence-electron chi connectivity index (χ0n) is 14.5. The SMILES string of the molecule is C=CC(=O)OCC(O)COCCc1ccccc1C#N.[c]1ccccc1. The molecule has 5 heteroatoms. The Morgan fingerprint density at radius 2 is 1.96 bits per heavy atom. The van der Waals surface area contributed by atoms with Gasteiger partial charge in [-0.3, -0.25) is 0 Å². The molecule has 135 valence electrons. The Hall–Kier alpha value is -2.94. The Labute approximate surface area is 154 Å². The van der Waals surface area contributed by atoms with Crippen molar-refractivity contribution in [3.8, 4) is 6.07 Å². The third-order valence-electron chi connectivity index (χ3n) is 3.16. The summed E-state index contributed by atoms with van der Waals surface area (Å²) in [6.07, 6.45) is 0.750. The lowest BCUT2D eigenvalue weighted by Gasteiger charge is -2.11. The lowest BCUT2D eigenvalue weighted by atomic mass is 10.1. The van der Waals surface area contributed by atoms with Gasteiger partial charge in [0.05, 0.1) is 24.8 Å². The van der Waals surface area contributed by atoms with Crippen molar-refractivity contribution in [3.63, 3.8) is 0 Å². The summed E-state index contributed by atoms with van der Waals surface area (Å²) in [4.78, 5) is 10.8. The first-order valence-corrected chi connectivity index (χ1v) is 8.11. The zero-order valence-corrected chi connectivity index (χ0v) is 14.5. The quantitative estimate of drug-likeness (QED) is 0.449. The summed E-state index contributed by atoms with van der Waals surface area (Å²) < 4.78 is 9.96. The molecule has 0 bridgehead atoms. The lowest BCUT2D eigenvalue weighted by molar-refractivity contribution is -0.141. The van der Waals surface area contributed by atoms with Gasteiger partial charge in [-0.25, -0.2) is 4.79 Å². The third kappa shape index (κ3) is 9.38. The van der Waals surface area contributed by atoms with Crippen LogP contribution in [0.5, 0.6) is 0 Å². The molecule has 2 rings (SSSR count). The van der Waals surface area contributed by atoms with Crippen molar-refractivity contribution in [1.82, 2.24) is 0 Å². The Morgan fingerprint density at radius 1 is 1.23 bits per heavy atom. The predicted octanol–water partition coefficient (Wildman–Crippen LogP) is 2.69. The van der Waals surface area contributed by atoms with Gasteiger partial charge in [0.1, 0.15) is 12.7 Å². The van der Waals surface area contributed by atoms with Crippen molar-refractivity contribution in [2.24, 2.45) is 0 Å². The van der Waals surface area contributed by atoms with Crippen LogP contribution >= 0.6 is 0 Å². The maximum Gasteiger partial charge on any atom is 0.330 e. The smallest absolute Gasteiger partial charge is 0.330 e. The summed E-state index contributed by atoms with van der Waals surface area (Å²) >= 11 is 0. The van der Waals surface area contributed by atoms with E-state index in [2.05, 4.69) is 23.5 Å². The van der Waals surface area contributed by atoms with Crippen LogP contribution in [-0.4, -0.2) is 37.0 Å². The second-order valence-electron chi connectivity index (χ2n) is 5.16. The highest BCUT2D eigenvalue weighted by atomic mass is 16.5. The summed E-state index contributed by atoms with van der Waals surface area (Å²) in [6, 6.07) is 21.9. The van der Waals surface area contributed by atoms with E-state index in [9.17, 15) is 9.90 Å². The second-order valence-corrected chi connectivity index (χ2v) is 5.16. The number of esters is 1. The van der Waals surface area contributed by atoms with Crippen molar-refractivity contribution in [2.75, 3.05) is 19.8 Å². The molecule has 5 nitrogen and oxygen atoms in total. The number of benzene rings is 2. The Bertz CT molecular complexity index is 668. The fourth-order valence-corrected chi connectivity index (χ4v) is 1.88. The van der Waals surface area contributed by atoms with Gasteiger partial charge in [-0.05, 0) is 24.1 Å². The van der Waals surface area contributed by atoms with Crippen molar-refractivity contribution in [3.05, 3.63) is 84.4 Å². The van der Waals surface area contributed by atoms with Gasteiger partial charge >= 0.3 is 5.97 Å². The number of carbonyl (C=O) groups is 1. The summed E-state index contributed by atoms with van der Waals surface area (Å²) in [5, 5.41) is 18.4. The van der Waals surface area contributed by atoms with Gasteiger partial charge in [0.2, 0.25) is 0 Å². The van der Waals surface area contributed by atoms with E-state index in [4.69, 9.17) is 10.00 Å². The van der Waals surface area contributed by atoms with Crippen LogP contribution in [0.15, 0.2) is 67.3 Å². The molecule has 0 aliphatic carbocycles. The van der Waals surface area contributed by atoms with Gasteiger partial charge in [-0.2, -0.15) is 5.26 Å². The van der Waals surface area contributed by atoms with Crippen LogP contribution in [-0.2, 0) is 20.7 Å². The van der Waals surface area contributed by atoms with Crippen LogP contribution in [0.2, 0.25) is 0 Å². The van der Waals surface area contributed by atoms with Gasteiger partial charge in [-0.15, -0.1) is 0 Å². The number of rotatable bonds is 8. The summed E-state index contributed by atoms with van der Waals surface area (Å²) in [5.41, 5.74) is 1.53. The normalized spacial score (nSPS) is 10.6. The largest absolute Gasteiger partial charge is 0.460 e. The van der Waals surface area contributed by atoms with Crippen molar-refractivity contribution < 1.29 is 19.4 Å². The van der Waals surface area contributed by atoms with Crippen LogP contribution < -0.4 is 0 Å². The Balaban J connectivity index is 0.000000472. The summed E-state index contributed by atoms with van der Waals surface area (Å²) in [7, 11) is 0. The molecular formula is C21H22NO4. The van der Waals surface area contributed by atoms with Crippen LogP contribution in [0, 0.1) is 17.4 Å². The van der Waals surface area contributed by atoms with E-state index in [0.29, 0.717) is 18.6 Å². The van der Waals surface area contributed by atoms with E-state index in [-0.39, 0.29) is 13.2 Å². The maximum atomic E-state index is 10.8. The zero-order chi connectivity index (χ0) is 19.0. The van der Waals surface area contributed by atoms with E-state index in [1.54, 1.807) is 12.1 Å². The molecule has 0 aromatic heterocycles. The number of aliphatic hydroxyl groups is 1. The molecule has 0 saturated carbocycles. The van der Waals surface area contributed by atoms with Gasteiger partial charge < -0.3 is 14.6 Å². The number of carbonyl (C=O) groups excluding carboxylic acids is 1. The molecule has 1 radical (unpaired) electrons. The molecule has 1 unspecified atom stereocenters. The molecule has 1 N–H and O–H groups in total. The molecule has 0 heterocycles. The van der Waals surface area contributed by atoms with E-state index in [1.807, 2.05) is 42.5 Å². The number of nitrogens with zero attached hydrogens (tertiary/aromatic N) is 1. The van der Waals surface area contributed by atoms with E-state index in [0.717, 1.165) is 11.6 Å². The summed E-state index contributed by atoms with van der Waals surface area (Å²) in [5.74, 6) is -0.577. The molecule has 0 saturated heterocycles. The van der Waals surface area contributed by atoms with Gasteiger partial charge in [0.25, 0.3) is 0 Å². The average Bonchev–Trinajstić information content (AvgIpc) is 2.71. The van der Waals surface area contributed by atoms with E-state index in [1.165, 1.54) is 0 Å². The number of nitriles is 1. The van der Waals surface area contributed by atoms with E-state index >= 15 is 0 Å². The highest BCUT2D eigenvalue weighted by Crippen LogP contribution is 2.08. The van der Waals surface area contributed by atoms with Crippen molar-refractivity contribution in [1.29, 1.82) is 5.26 Å². The molecule has 0 aliphatic heterocycles. The molecule has 26 heavy (non-hydrogen) atoms. The molecule has 0 aliphatic rings. The third-order valence-corrected chi connectivity index (χ3v) is 3.16. The van der Waals surface area contributed by atoms with Crippen molar-refractivity contribution >= 4 is 5.97 Å². The van der Waals surface area contributed by atoms with E-state index < -0.39 is 12.1 Å². The average molecular weight is 352 g/mol. The Morgan fingerprint density at radius 3 is 2.54 bits per heavy atom. The van der Waals surface area contributed by atoms with Crippen LogP contribution in [0.3, 0.4) is 0 Å².